The minimum Gasteiger partial charge on any atom is -0.379 e. The molecule has 2 rings (SSSR count). The lowest BCUT2D eigenvalue weighted by atomic mass is 10.1. The van der Waals surface area contributed by atoms with Crippen LogP contribution < -0.4 is 11.1 Å². The van der Waals surface area contributed by atoms with Crippen LogP contribution in [-0.4, -0.2) is 10.8 Å². The van der Waals surface area contributed by atoms with Crippen LogP contribution in [-0.2, 0) is 6.54 Å². The maximum atomic E-state index is 13.0. The summed E-state index contributed by atoms with van der Waals surface area (Å²) in [5.41, 5.74) is 5.70. The highest BCUT2D eigenvalue weighted by atomic mass is 35.5. The Labute approximate surface area is 129 Å². The standard InChI is InChI=1S/C14H11ClFN3O3/c15-11-6-10(16)3-4-12(11)18-7-9-2-1-8(14(17)20)5-13(9)19(21)22/h1-6,18H,7H2,(H2,17,20). The summed E-state index contributed by atoms with van der Waals surface area (Å²) >= 11 is 5.87. The average molecular weight is 324 g/mol. The molecule has 0 aliphatic heterocycles. The number of carbonyl (C=O) groups excluding carboxylic acids is 1. The molecule has 0 aliphatic rings. The third kappa shape index (κ3) is 3.50. The van der Waals surface area contributed by atoms with Crippen LogP contribution in [0.1, 0.15) is 15.9 Å². The normalized spacial score (nSPS) is 10.3. The van der Waals surface area contributed by atoms with Crippen molar-refractivity contribution in [3.8, 4) is 0 Å². The van der Waals surface area contributed by atoms with Crippen molar-refractivity contribution in [3.05, 3.63) is 68.5 Å². The molecule has 114 valence electrons. The van der Waals surface area contributed by atoms with Crippen molar-refractivity contribution < 1.29 is 14.1 Å². The minimum absolute atomic E-state index is 0.0512. The van der Waals surface area contributed by atoms with Crippen molar-refractivity contribution in [2.45, 2.75) is 6.54 Å². The summed E-state index contributed by atoms with van der Waals surface area (Å²) in [5, 5.41) is 14.1. The molecule has 2 aromatic carbocycles. The molecule has 0 atom stereocenters. The lowest BCUT2D eigenvalue weighted by Gasteiger charge is -2.09. The maximum absolute atomic E-state index is 13.0. The Bertz CT molecular complexity index is 752. The average Bonchev–Trinajstić information content (AvgIpc) is 2.46. The highest BCUT2D eigenvalue weighted by Crippen LogP contribution is 2.25. The number of halogens is 2. The molecule has 22 heavy (non-hydrogen) atoms. The van der Waals surface area contributed by atoms with E-state index in [1.165, 1.54) is 24.3 Å². The van der Waals surface area contributed by atoms with Gasteiger partial charge in [0.25, 0.3) is 5.69 Å². The fourth-order valence-electron chi connectivity index (χ4n) is 1.86. The van der Waals surface area contributed by atoms with Crippen LogP contribution >= 0.6 is 11.6 Å². The topological polar surface area (TPSA) is 98.3 Å². The van der Waals surface area contributed by atoms with E-state index in [1.807, 2.05) is 0 Å². The number of carbonyl (C=O) groups is 1. The third-order valence-electron chi connectivity index (χ3n) is 2.97. The van der Waals surface area contributed by atoms with E-state index in [9.17, 15) is 19.3 Å². The van der Waals surface area contributed by atoms with Crippen LogP contribution in [0, 0.1) is 15.9 Å². The van der Waals surface area contributed by atoms with Gasteiger partial charge in [-0.05, 0) is 30.3 Å². The van der Waals surface area contributed by atoms with Crippen LogP contribution in [0.2, 0.25) is 5.02 Å². The highest BCUT2D eigenvalue weighted by molar-refractivity contribution is 6.33. The predicted octanol–water partition coefficient (Wildman–Crippen LogP) is 3.10. The van der Waals surface area contributed by atoms with Crippen molar-refractivity contribution in [3.63, 3.8) is 0 Å². The predicted molar refractivity (Wildman–Crippen MR) is 80.4 cm³/mol. The van der Waals surface area contributed by atoms with E-state index in [-0.39, 0.29) is 22.8 Å². The maximum Gasteiger partial charge on any atom is 0.275 e. The summed E-state index contributed by atoms with van der Waals surface area (Å²) in [6, 6.07) is 7.74. The number of nitrogens with two attached hydrogens (primary N) is 1. The zero-order valence-corrected chi connectivity index (χ0v) is 11.9. The molecular weight excluding hydrogens is 313 g/mol. The number of nitrogens with one attached hydrogen (secondary N) is 1. The molecule has 6 nitrogen and oxygen atoms in total. The van der Waals surface area contributed by atoms with Crippen molar-refractivity contribution in [2.75, 3.05) is 5.32 Å². The number of nitrogens with zero attached hydrogens (tertiary/aromatic N) is 1. The molecule has 0 saturated carbocycles. The van der Waals surface area contributed by atoms with E-state index in [0.717, 1.165) is 12.1 Å². The Balaban J connectivity index is 2.25. The second-order valence-electron chi connectivity index (χ2n) is 4.44. The number of amides is 1. The quantitative estimate of drug-likeness (QED) is 0.652. The molecule has 0 aromatic heterocycles. The lowest BCUT2D eigenvalue weighted by Crippen LogP contribution is -2.12. The van der Waals surface area contributed by atoms with E-state index < -0.39 is 16.6 Å². The second kappa shape index (κ2) is 6.40. The molecule has 0 saturated heterocycles. The van der Waals surface area contributed by atoms with E-state index in [0.29, 0.717) is 11.3 Å². The lowest BCUT2D eigenvalue weighted by molar-refractivity contribution is -0.385. The molecule has 8 heteroatoms. The first-order chi connectivity index (χ1) is 10.4. The summed E-state index contributed by atoms with van der Waals surface area (Å²) in [7, 11) is 0. The first kappa shape index (κ1) is 15.7. The van der Waals surface area contributed by atoms with Gasteiger partial charge < -0.3 is 11.1 Å². The Hall–Kier alpha value is -2.67. The molecule has 0 aliphatic carbocycles. The Morgan fingerprint density at radius 1 is 1.32 bits per heavy atom. The highest BCUT2D eigenvalue weighted by Gasteiger charge is 2.16. The van der Waals surface area contributed by atoms with Gasteiger partial charge in [-0.25, -0.2) is 4.39 Å². The number of hydrogen-bond acceptors (Lipinski definition) is 4. The van der Waals surface area contributed by atoms with E-state index in [2.05, 4.69) is 5.32 Å². The van der Waals surface area contributed by atoms with E-state index >= 15 is 0 Å². The number of hydrogen-bond donors (Lipinski definition) is 2. The fraction of sp³-hybridized carbons (Fsp3) is 0.0714. The van der Waals surface area contributed by atoms with E-state index in [1.54, 1.807) is 0 Å². The van der Waals surface area contributed by atoms with Crippen LogP contribution in [0.25, 0.3) is 0 Å². The smallest absolute Gasteiger partial charge is 0.275 e. The number of benzene rings is 2. The monoisotopic (exact) mass is 323 g/mol. The number of rotatable bonds is 5. The summed E-state index contributed by atoms with van der Waals surface area (Å²) in [5.74, 6) is -1.23. The molecule has 0 heterocycles. The first-order valence-electron chi connectivity index (χ1n) is 6.14. The summed E-state index contributed by atoms with van der Waals surface area (Å²) in [4.78, 5) is 21.5. The van der Waals surface area contributed by atoms with E-state index in [4.69, 9.17) is 17.3 Å². The van der Waals surface area contributed by atoms with Gasteiger partial charge >= 0.3 is 0 Å². The second-order valence-corrected chi connectivity index (χ2v) is 4.85. The first-order valence-corrected chi connectivity index (χ1v) is 6.52. The van der Waals surface area contributed by atoms with Crippen molar-refractivity contribution in [1.29, 1.82) is 0 Å². The number of primary amides is 1. The van der Waals surface area contributed by atoms with Crippen molar-refractivity contribution in [1.82, 2.24) is 0 Å². The fourth-order valence-corrected chi connectivity index (χ4v) is 2.09. The molecular formula is C14H11ClFN3O3. The molecule has 0 radical (unpaired) electrons. The number of nitro benzene ring substituents is 1. The molecule has 0 fully saturated rings. The Kier molecular flexibility index (Phi) is 4.57. The molecule has 0 spiro atoms. The van der Waals surface area contributed by atoms with Gasteiger partial charge in [0.2, 0.25) is 5.91 Å². The van der Waals surface area contributed by atoms with Crippen LogP contribution in [0.15, 0.2) is 36.4 Å². The zero-order valence-electron chi connectivity index (χ0n) is 11.2. The Morgan fingerprint density at radius 3 is 2.64 bits per heavy atom. The molecule has 2 aromatic rings. The zero-order chi connectivity index (χ0) is 16.3. The SMILES string of the molecule is NC(=O)c1ccc(CNc2ccc(F)cc2Cl)c([N+](=O)[O-])c1. The number of anilines is 1. The van der Waals surface area contributed by atoms with Gasteiger partial charge in [0.1, 0.15) is 5.82 Å². The van der Waals surface area contributed by atoms with Crippen LogP contribution in [0.3, 0.4) is 0 Å². The van der Waals surface area contributed by atoms with Crippen LogP contribution in [0.4, 0.5) is 15.8 Å². The Morgan fingerprint density at radius 2 is 2.05 bits per heavy atom. The van der Waals surface area contributed by atoms with Gasteiger partial charge in [0.15, 0.2) is 0 Å². The van der Waals surface area contributed by atoms with Crippen molar-refractivity contribution >= 4 is 28.9 Å². The van der Waals surface area contributed by atoms with Gasteiger partial charge in [-0.1, -0.05) is 11.6 Å². The van der Waals surface area contributed by atoms with Gasteiger partial charge in [0, 0.05) is 23.7 Å². The van der Waals surface area contributed by atoms with Gasteiger partial charge in [-0.15, -0.1) is 0 Å². The van der Waals surface area contributed by atoms with Gasteiger partial charge in [0.05, 0.1) is 15.6 Å². The van der Waals surface area contributed by atoms with Crippen molar-refractivity contribution in [2.24, 2.45) is 5.73 Å². The minimum atomic E-state index is -0.746. The number of nitro groups is 1. The molecule has 1 amide bonds. The third-order valence-corrected chi connectivity index (χ3v) is 3.28. The summed E-state index contributed by atoms with van der Waals surface area (Å²) in [6.07, 6.45) is 0. The van der Waals surface area contributed by atoms with Gasteiger partial charge in [-0.2, -0.15) is 0 Å². The summed E-state index contributed by atoms with van der Waals surface area (Å²) in [6.45, 7) is 0.0840. The van der Waals surface area contributed by atoms with Crippen LogP contribution in [0.5, 0.6) is 0 Å². The van der Waals surface area contributed by atoms with Gasteiger partial charge in [-0.3, -0.25) is 14.9 Å². The molecule has 0 unspecified atom stereocenters. The summed E-state index contributed by atoms with van der Waals surface area (Å²) < 4.78 is 13.0. The largest absolute Gasteiger partial charge is 0.379 e. The molecule has 0 bridgehead atoms. The molecule has 3 N–H and O–H groups in total.